The van der Waals surface area contributed by atoms with Gasteiger partial charge in [-0.15, -0.1) is 0 Å². The summed E-state index contributed by atoms with van der Waals surface area (Å²) in [6, 6.07) is 12.0. The molecule has 1 aliphatic heterocycles. The van der Waals surface area contributed by atoms with Crippen LogP contribution in [0.4, 0.5) is 10.1 Å². The van der Waals surface area contributed by atoms with Crippen LogP contribution in [-0.4, -0.2) is 64.3 Å². The summed E-state index contributed by atoms with van der Waals surface area (Å²) in [5.41, 5.74) is 1.19. The summed E-state index contributed by atoms with van der Waals surface area (Å²) in [6.07, 6.45) is 0. The molecule has 1 aliphatic rings. The molecule has 0 aliphatic carbocycles. The Morgan fingerprint density at radius 3 is 2.43 bits per heavy atom. The predicted molar refractivity (Wildman–Crippen MR) is 107 cm³/mol. The Kier molecular flexibility index (Phi) is 6.71. The van der Waals surface area contributed by atoms with Crippen LogP contribution in [0.2, 0.25) is 0 Å². The van der Waals surface area contributed by atoms with E-state index in [9.17, 15) is 9.18 Å². The minimum absolute atomic E-state index is 0.147. The lowest BCUT2D eigenvalue weighted by Crippen LogP contribution is -2.48. The number of para-hydroxylation sites is 1. The molecule has 1 heterocycles. The number of methoxy groups -OCH3 is 2. The first-order valence-corrected chi connectivity index (χ1v) is 9.34. The van der Waals surface area contributed by atoms with Crippen molar-refractivity contribution in [3.8, 4) is 11.5 Å². The van der Waals surface area contributed by atoms with Crippen LogP contribution in [0, 0.1) is 5.82 Å². The van der Waals surface area contributed by atoms with Crippen molar-refractivity contribution in [2.24, 2.45) is 0 Å². The van der Waals surface area contributed by atoms with Gasteiger partial charge >= 0.3 is 0 Å². The van der Waals surface area contributed by atoms with Crippen molar-refractivity contribution in [2.45, 2.75) is 0 Å². The van der Waals surface area contributed by atoms with E-state index in [2.05, 4.69) is 15.1 Å². The van der Waals surface area contributed by atoms with Crippen LogP contribution in [0.5, 0.6) is 11.5 Å². The van der Waals surface area contributed by atoms with Gasteiger partial charge in [-0.2, -0.15) is 0 Å². The van der Waals surface area contributed by atoms with Gasteiger partial charge in [-0.1, -0.05) is 12.1 Å². The summed E-state index contributed by atoms with van der Waals surface area (Å²) in [6.45, 7) is 4.51. The molecule has 6 nitrogen and oxygen atoms in total. The molecule has 0 aromatic heterocycles. The highest BCUT2D eigenvalue weighted by Gasteiger charge is 2.19. The lowest BCUT2D eigenvalue weighted by molar-refractivity contribution is 0.0947. The van der Waals surface area contributed by atoms with Gasteiger partial charge in [0, 0.05) is 44.8 Å². The normalized spacial score (nSPS) is 14.6. The van der Waals surface area contributed by atoms with Gasteiger partial charge in [-0.3, -0.25) is 9.69 Å². The van der Waals surface area contributed by atoms with E-state index in [1.165, 1.54) is 6.07 Å². The molecule has 0 radical (unpaired) electrons. The maximum Gasteiger partial charge on any atom is 0.251 e. The van der Waals surface area contributed by atoms with Crippen molar-refractivity contribution in [1.82, 2.24) is 10.2 Å². The molecule has 150 valence electrons. The van der Waals surface area contributed by atoms with Crippen molar-refractivity contribution in [3.05, 3.63) is 53.8 Å². The van der Waals surface area contributed by atoms with E-state index >= 15 is 0 Å². The zero-order chi connectivity index (χ0) is 19.9. The number of halogens is 1. The Morgan fingerprint density at radius 2 is 1.75 bits per heavy atom. The summed E-state index contributed by atoms with van der Waals surface area (Å²) >= 11 is 0. The third-order valence-electron chi connectivity index (χ3n) is 4.92. The third-order valence-corrected chi connectivity index (χ3v) is 4.92. The number of piperazine rings is 1. The van der Waals surface area contributed by atoms with Crippen LogP contribution in [0.15, 0.2) is 42.5 Å². The third kappa shape index (κ3) is 4.72. The van der Waals surface area contributed by atoms with Crippen LogP contribution in [0.3, 0.4) is 0 Å². The number of nitrogens with one attached hydrogen (secondary N) is 1. The second kappa shape index (κ2) is 9.41. The number of carbonyl (C=O) groups is 1. The zero-order valence-electron chi connectivity index (χ0n) is 16.3. The number of carbonyl (C=O) groups excluding carboxylic acids is 1. The monoisotopic (exact) mass is 387 g/mol. The van der Waals surface area contributed by atoms with Gasteiger partial charge in [0.25, 0.3) is 5.91 Å². The highest BCUT2D eigenvalue weighted by atomic mass is 19.1. The minimum atomic E-state index is -0.182. The van der Waals surface area contributed by atoms with Gasteiger partial charge in [-0.05, 0) is 30.3 Å². The fourth-order valence-corrected chi connectivity index (χ4v) is 3.33. The number of nitrogens with zero attached hydrogens (tertiary/aromatic N) is 2. The Morgan fingerprint density at radius 1 is 1.04 bits per heavy atom. The van der Waals surface area contributed by atoms with E-state index in [1.807, 2.05) is 12.1 Å². The van der Waals surface area contributed by atoms with E-state index in [4.69, 9.17) is 9.47 Å². The molecule has 3 rings (SSSR count). The van der Waals surface area contributed by atoms with Gasteiger partial charge in [-0.25, -0.2) is 4.39 Å². The standard InChI is InChI=1S/C21H26FN3O3/c1-27-19-8-7-16(15-20(19)28-2)21(26)23-9-10-24-11-13-25(14-12-24)18-6-4-3-5-17(18)22/h3-8,15H,9-14H2,1-2H3,(H,23,26). The number of ether oxygens (including phenoxy) is 2. The molecular weight excluding hydrogens is 361 g/mol. The summed E-state index contributed by atoms with van der Waals surface area (Å²) in [7, 11) is 3.10. The number of amides is 1. The molecule has 1 fully saturated rings. The lowest BCUT2D eigenvalue weighted by Gasteiger charge is -2.36. The fraction of sp³-hybridized carbons (Fsp3) is 0.381. The fourth-order valence-electron chi connectivity index (χ4n) is 3.33. The van der Waals surface area contributed by atoms with Gasteiger partial charge in [0.15, 0.2) is 11.5 Å². The quantitative estimate of drug-likeness (QED) is 0.791. The van der Waals surface area contributed by atoms with Crippen LogP contribution in [-0.2, 0) is 0 Å². The number of anilines is 1. The van der Waals surface area contributed by atoms with E-state index in [0.29, 0.717) is 29.3 Å². The van der Waals surface area contributed by atoms with Crippen LogP contribution in [0.25, 0.3) is 0 Å². The van der Waals surface area contributed by atoms with Crippen molar-refractivity contribution in [3.63, 3.8) is 0 Å². The molecular formula is C21H26FN3O3. The maximum atomic E-state index is 13.9. The average molecular weight is 387 g/mol. The van der Waals surface area contributed by atoms with Crippen LogP contribution >= 0.6 is 0 Å². The van der Waals surface area contributed by atoms with E-state index < -0.39 is 0 Å². The van der Waals surface area contributed by atoms with Gasteiger partial charge in [0.05, 0.1) is 19.9 Å². The molecule has 1 amide bonds. The Labute approximate surface area is 164 Å². The van der Waals surface area contributed by atoms with Gasteiger partial charge in [0.2, 0.25) is 0 Å². The van der Waals surface area contributed by atoms with Gasteiger partial charge < -0.3 is 19.7 Å². The largest absolute Gasteiger partial charge is 0.493 e. The number of hydrogen-bond acceptors (Lipinski definition) is 5. The predicted octanol–water partition coefficient (Wildman–Crippen LogP) is 2.39. The molecule has 0 saturated carbocycles. The maximum absolute atomic E-state index is 13.9. The summed E-state index contributed by atoms with van der Waals surface area (Å²) < 4.78 is 24.3. The molecule has 7 heteroatoms. The first-order chi connectivity index (χ1) is 13.6. The second-order valence-electron chi connectivity index (χ2n) is 6.61. The smallest absolute Gasteiger partial charge is 0.251 e. The number of benzene rings is 2. The van der Waals surface area contributed by atoms with Crippen molar-refractivity contribution in [2.75, 3.05) is 58.4 Å². The highest BCUT2D eigenvalue weighted by molar-refractivity contribution is 5.94. The molecule has 0 unspecified atom stereocenters. The number of rotatable bonds is 7. The molecule has 1 saturated heterocycles. The summed E-state index contributed by atoms with van der Waals surface area (Å²) in [5, 5.41) is 2.94. The van der Waals surface area contributed by atoms with Crippen molar-refractivity contribution < 1.29 is 18.7 Å². The van der Waals surface area contributed by atoms with Crippen LogP contribution in [0.1, 0.15) is 10.4 Å². The van der Waals surface area contributed by atoms with E-state index in [1.54, 1.807) is 38.5 Å². The highest BCUT2D eigenvalue weighted by Crippen LogP contribution is 2.27. The van der Waals surface area contributed by atoms with Crippen LogP contribution < -0.4 is 19.7 Å². The first kappa shape index (κ1) is 19.9. The SMILES string of the molecule is COc1ccc(C(=O)NCCN2CCN(c3ccccc3F)CC2)cc1OC. The molecule has 0 spiro atoms. The molecule has 2 aromatic carbocycles. The van der Waals surface area contributed by atoms with E-state index in [0.717, 1.165) is 32.7 Å². The molecule has 28 heavy (non-hydrogen) atoms. The summed E-state index contributed by atoms with van der Waals surface area (Å²) in [5.74, 6) is 0.787. The Hall–Kier alpha value is -2.80. The first-order valence-electron chi connectivity index (χ1n) is 9.34. The minimum Gasteiger partial charge on any atom is -0.493 e. The van der Waals surface area contributed by atoms with E-state index in [-0.39, 0.29) is 11.7 Å². The Balaban J connectivity index is 1.45. The lowest BCUT2D eigenvalue weighted by atomic mass is 10.2. The second-order valence-corrected chi connectivity index (χ2v) is 6.61. The average Bonchev–Trinajstić information content (AvgIpc) is 2.74. The molecule has 0 atom stereocenters. The number of hydrogen-bond donors (Lipinski definition) is 1. The van der Waals surface area contributed by atoms with Crippen molar-refractivity contribution >= 4 is 11.6 Å². The zero-order valence-corrected chi connectivity index (χ0v) is 16.3. The Bertz CT molecular complexity index is 807. The topological polar surface area (TPSA) is 54.0 Å². The molecule has 2 aromatic rings. The molecule has 1 N–H and O–H groups in total. The molecule has 0 bridgehead atoms. The summed E-state index contributed by atoms with van der Waals surface area (Å²) in [4.78, 5) is 16.7. The van der Waals surface area contributed by atoms with Gasteiger partial charge in [0.1, 0.15) is 5.82 Å². The van der Waals surface area contributed by atoms with Crippen molar-refractivity contribution in [1.29, 1.82) is 0 Å².